The van der Waals surface area contributed by atoms with Gasteiger partial charge in [0.1, 0.15) is 11.4 Å². The molecule has 0 bridgehead atoms. The van der Waals surface area contributed by atoms with Gasteiger partial charge in [0.05, 0.1) is 23.8 Å². The number of hydrogen-bond donors (Lipinski definition) is 0. The van der Waals surface area contributed by atoms with Crippen LogP contribution in [0.1, 0.15) is 35.4 Å². The molecule has 0 saturated carbocycles. The Labute approximate surface area is 175 Å². The Bertz CT molecular complexity index is 1310. The highest BCUT2D eigenvalue weighted by molar-refractivity contribution is 7.18. The Morgan fingerprint density at radius 1 is 1.17 bits per heavy atom. The Hall–Kier alpha value is -3.01. The summed E-state index contributed by atoms with van der Waals surface area (Å²) in [5.74, 6) is -0.525. The maximum atomic E-state index is 12.9. The van der Waals surface area contributed by atoms with Gasteiger partial charge in [-0.2, -0.15) is 0 Å². The highest BCUT2D eigenvalue weighted by Gasteiger charge is 2.20. The average molecular weight is 430 g/mol. The highest BCUT2D eigenvalue weighted by Crippen LogP contribution is 2.33. The zero-order valence-corrected chi connectivity index (χ0v) is 17.7. The van der Waals surface area contributed by atoms with E-state index in [9.17, 15) is 19.2 Å². The maximum absolute atomic E-state index is 12.9. The number of thiophene rings is 1. The smallest absolute Gasteiger partial charge is 0.330 e. The van der Waals surface area contributed by atoms with E-state index in [1.807, 2.05) is 0 Å². The van der Waals surface area contributed by atoms with Crippen molar-refractivity contribution in [3.8, 4) is 0 Å². The molecule has 0 atom stereocenters. The van der Waals surface area contributed by atoms with Gasteiger partial charge in [0, 0.05) is 31.6 Å². The van der Waals surface area contributed by atoms with Gasteiger partial charge < -0.3 is 4.74 Å². The fraction of sp³-hybridized carbons (Fsp3) is 0.450. The van der Waals surface area contributed by atoms with Crippen molar-refractivity contribution in [3.63, 3.8) is 0 Å². The quantitative estimate of drug-likeness (QED) is 0.556. The molecule has 0 saturated heterocycles. The van der Waals surface area contributed by atoms with Crippen molar-refractivity contribution in [1.82, 2.24) is 18.7 Å². The van der Waals surface area contributed by atoms with Crippen molar-refractivity contribution in [2.45, 2.75) is 45.3 Å². The van der Waals surface area contributed by atoms with E-state index >= 15 is 0 Å². The summed E-state index contributed by atoms with van der Waals surface area (Å²) in [5.41, 5.74) is 0.345. The molecule has 158 valence electrons. The SMILES string of the molecule is Cn1c(COC(=O)CCn2cnc3sc4c(c3c2=O)CCCC4)cc(=O)n(C)c1=O. The fourth-order valence-electron chi connectivity index (χ4n) is 3.70. The van der Waals surface area contributed by atoms with Crippen LogP contribution in [0.2, 0.25) is 0 Å². The molecule has 0 fully saturated rings. The monoisotopic (exact) mass is 430 g/mol. The van der Waals surface area contributed by atoms with Gasteiger partial charge in [0.25, 0.3) is 11.1 Å². The molecule has 4 rings (SSSR count). The van der Waals surface area contributed by atoms with Crippen LogP contribution in [0, 0.1) is 0 Å². The Kier molecular flexibility index (Phi) is 5.42. The second-order valence-electron chi connectivity index (χ2n) is 7.42. The van der Waals surface area contributed by atoms with Crippen molar-refractivity contribution < 1.29 is 9.53 Å². The number of nitrogens with zero attached hydrogens (tertiary/aromatic N) is 4. The molecule has 3 heterocycles. The van der Waals surface area contributed by atoms with Gasteiger partial charge in [0.2, 0.25) is 0 Å². The number of ether oxygens (including phenoxy) is 1. The first-order valence-electron chi connectivity index (χ1n) is 9.78. The molecule has 0 spiro atoms. The number of hydrogen-bond acceptors (Lipinski definition) is 7. The van der Waals surface area contributed by atoms with Crippen LogP contribution < -0.4 is 16.8 Å². The van der Waals surface area contributed by atoms with Crippen LogP contribution in [0.3, 0.4) is 0 Å². The van der Waals surface area contributed by atoms with Crippen LogP contribution in [0.25, 0.3) is 10.2 Å². The Morgan fingerprint density at radius 2 is 1.93 bits per heavy atom. The van der Waals surface area contributed by atoms with Crippen molar-refractivity contribution in [2.75, 3.05) is 0 Å². The van der Waals surface area contributed by atoms with Crippen molar-refractivity contribution in [2.24, 2.45) is 14.1 Å². The number of carbonyl (C=O) groups is 1. The van der Waals surface area contributed by atoms with Crippen LogP contribution in [-0.2, 0) is 49.6 Å². The topological polar surface area (TPSA) is 105 Å². The molecule has 3 aromatic heterocycles. The molecule has 0 amide bonds. The Balaban J connectivity index is 1.45. The van der Waals surface area contributed by atoms with Crippen molar-refractivity contribution >= 4 is 27.5 Å². The van der Waals surface area contributed by atoms with E-state index in [2.05, 4.69) is 4.98 Å². The summed E-state index contributed by atoms with van der Waals surface area (Å²) in [7, 11) is 2.89. The van der Waals surface area contributed by atoms with E-state index in [1.54, 1.807) is 11.3 Å². The minimum Gasteiger partial charge on any atom is -0.459 e. The van der Waals surface area contributed by atoms with Gasteiger partial charge in [-0.25, -0.2) is 9.78 Å². The van der Waals surface area contributed by atoms with Crippen molar-refractivity contribution in [1.29, 1.82) is 0 Å². The lowest BCUT2D eigenvalue weighted by atomic mass is 9.97. The van der Waals surface area contributed by atoms with E-state index in [0.717, 1.165) is 40.6 Å². The average Bonchev–Trinajstić information content (AvgIpc) is 3.12. The standard InChI is InChI=1S/C20H22N4O5S/c1-22-12(9-15(25)23(2)20(22)28)10-29-16(26)7-8-24-11-21-18-17(19(24)27)13-5-3-4-6-14(13)30-18/h9,11H,3-8,10H2,1-2H3. The molecule has 3 aromatic rings. The fourth-order valence-corrected chi connectivity index (χ4v) is 4.92. The Morgan fingerprint density at radius 3 is 2.73 bits per heavy atom. The second-order valence-corrected chi connectivity index (χ2v) is 8.50. The maximum Gasteiger partial charge on any atom is 0.330 e. The largest absolute Gasteiger partial charge is 0.459 e. The number of aromatic nitrogens is 4. The highest BCUT2D eigenvalue weighted by atomic mass is 32.1. The summed E-state index contributed by atoms with van der Waals surface area (Å²) in [5, 5.41) is 0.681. The molecule has 9 nitrogen and oxygen atoms in total. The van der Waals surface area contributed by atoms with Gasteiger partial charge >= 0.3 is 11.7 Å². The third-order valence-corrected chi connectivity index (χ3v) is 6.70. The van der Waals surface area contributed by atoms with Crippen LogP contribution in [0.4, 0.5) is 0 Å². The lowest BCUT2D eigenvalue weighted by Crippen LogP contribution is -2.38. The molecule has 0 unspecified atom stereocenters. The third kappa shape index (κ3) is 3.62. The summed E-state index contributed by atoms with van der Waals surface area (Å²) in [4.78, 5) is 55.2. The number of rotatable bonds is 5. The zero-order chi connectivity index (χ0) is 21.4. The van der Waals surface area contributed by atoms with Crippen LogP contribution in [0.5, 0.6) is 0 Å². The first-order chi connectivity index (χ1) is 14.4. The van der Waals surface area contributed by atoms with E-state index in [0.29, 0.717) is 11.1 Å². The minimum atomic E-state index is -0.525. The normalized spacial score (nSPS) is 13.4. The predicted molar refractivity (Wildman–Crippen MR) is 112 cm³/mol. The van der Waals surface area contributed by atoms with Crippen LogP contribution in [-0.4, -0.2) is 24.7 Å². The summed E-state index contributed by atoms with van der Waals surface area (Å²) in [6.45, 7) is -0.0361. The molecule has 0 aromatic carbocycles. The lowest BCUT2D eigenvalue weighted by molar-refractivity contribution is -0.145. The molecule has 0 aliphatic heterocycles. The number of fused-ring (bicyclic) bond motifs is 3. The first kappa shape index (κ1) is 20.3. The summed E-state index contributed by atoms with van der Waals surface area (Å²) < 4.78 is 8.88. The van der Waals surface area contributed by atoms with Crippen LogP contribution in [0.15, 0.2) is 26.8 Å². The number of aryl methyl sites for hydroxylation is 3. The zero-order valence-electron chi connectivity index (χ0n) is 16.8. The van der Waals surface area contributed by atoms with E-state index in [-0.39, 0.29) is 25.1 Å². The van der Waals surface area contributed by atoms with Gasteiger partial charge in [-0.05, 0) is 31.2 Å². The van der Waals surface area contributed by atoms with Crippen LogP contribution >= 0.6 is 11.3 Å². The van der Waals surface area contributed by atoms with Gasteiger partial charge in [-0.1, -0.05) is 0 Å². The minimum absolute atomic E-state index is 0.0157. The molecular weight excluding hydrogens is 408 g/mol. The van der Waals surface area contributed by atoms with Gasteiger partial charge in [0.15, 0.2) is 0 Å². The van der Waals surface area contributed by atoms with E-state index in [4.69, 9.17) is 4.74 Å². The predicted octanol–water partition coefficient (Wildman–Crippen LogP) is 0.868. The molecular formula is C20H22N4O5S. The summed E-state index contributed by atoms with van der Waals surface area (Å²) >= 11 is 1.59. The summed E-state index contributed by atoms with van der Waals surface area (Å²) in [6.07, 6.45) is 5.56. The van der Waals surface area contributed by atoms with E-state index in [1.165, 1.54) is 40.5 Å². The van der Waals surface area contributed by atoms with Crippen molar-refractivity contribution in [3.05, 3.63) is 59.7 Å². The van der Waals surface area contributed by atoms with E-state index < -0.39 is 17.2 Å². The molecule has 1 aliphatic rings. The van der Waals surface area contributed by atoms with Gasteiger partial charge in [-0.3, -0.25) is 28.1 Å². The molecule has 0 radical (unpaired) electrons. The van der Waals surface area contributed by atoms with Gasteiger partial charge in [-0.15, -0.1) is 11.3 Å². The second kappa shape index (κ2) is 8.02. The molecule has 30 heavy (non-hydrogen) atoms. The third-order valence-electron chi connectivity index (χ3n) is 5.51. The molecule has 10 heteroatoms. The molecule has 1 aliphatic carbocycles. The summed E-state index contributed by atoms with van der Waals surface area (Å²) in [6, 6.07) is 1.26. The first-order valence-corrected chi connectivity index (χ1v) is 10.6. The molecule has 0 N–H and O–H groups in total. The lowest BCUT2D eigenvalue weighted by Gasteiger charge is -2.11. The number of esters is 1. The number of carbonyl (C=O) groups excluding carboxylic acids is 1.